The fourth-order valence-electron chi connectivity index (χ4n) is 5.96. The summed E-state index contributed by atoms with van der Waals surface area (Å²) in [5, 5.41) is 1.24. The fraction of sp³-hybridized carbons (Fsp3) is 0.324. The average molecular weight is 616 g/mol. The van der Waals surface area contributed by atoms with Crippen LogP contribution in [0.25, 0.3) is 10.1 Å². The van der Waals surface area contributed by atoms with Crippen LogP contribution in [-0.4, -0.2) is 50.6 Å². The van der Waals surface area contributed by atoms with Crippen molar-refractivity contribution in [2.45, 2.75) is 45.9 Å². The molecule has 3 aromatic heterocycles. The number of aryl methyl sites for hydroxylation is 1. The van der Waals surface area contributed by atoms with Crippen molar-refractivity contribution in [3.63, 3.8) is 0 Å². The fourth-order valence-corrected chi connectivity index (χ4v) is 7.21. The predicted molar refractivity (Wildman–Crippen MR) is 170 cm³/mol. The molecule has 0 fully saturated rings. The Morgan fingerprint density at radius 1 is 0.932 bits per heavy atom. The van der Waals surface area contributed by atoms with E-state index in [2.05, 4.69) is 33.8 Å². The first-order valence-corrected chi connectivity index (χ1v) is 15.7. The van der Waals surface area contributed by atoms with Crippen molar-refractivity contribution in [2.24, 2.45) is 0 Å². The van der Waals surface area contributed by atoms with Crippen LogP contribution in [-0.2, 0) is 39.0 Å². The SMILES string of the molecule is Cc1c(CN2CCc3c(c(=O)n(CCN(C)CCc4ccccn4)c(=O)n3Cc3c(F)cccc3F)C2)sc2ccccc12. The quantitative estimate of drug-likeness (QED) is 0.222. The van der Waals surface area contributed by atoms with E-state index in [1.165, 1.54) is 47.9 Å². The molecule has 0 N–H and O–H groups in total. The lowest BCUT2D eigenvalue weighted by molar-refractivity contribution is 0.236. The number of aromatic nitrogens is 3. The Bertz CT molecular complexity index is 1900. The Labute approximate surface area is 258 Å². The molecule has 0 unspecified atom stereocenters. The summed E-state index contributed by atoms with van der Waals surface area (Å²) in [7, 11) is 1.94. The van der Waals surface area contributed by atoms with E-state index < -0.39 is 17.3 Å². The second-order valence-corrected chi connectivity index (χ2v) is 12.6. The van der Waals surface area contributed by atoms with E-state index in [0.717, 1.165) is 12.1 Å². The normalized spacial score (nSPS) is 13.6. The summed E-state index contributed by atoms with van der Waals surface area (Å²) < 4.78 is 33.4. The van der Waals surface area contributed by atoms with Crippen LogP contribution in [0.15, 0.2) is 76.4 Å². The molecule has 1 aliphatic rings. The van der Waals surface area contributed by atoms with Crippen molar-refractivity contribution in [3.05, 3.63) is 132 Å². The van der Waals surface area contributed by atoms with Crippen LogP contribution >= 0.6 is 11.3 Å². The molecule has 0 saturated carbocycles. The number of hydrogen-bond acceptors (Lipinski definition) is 6. The van der Waals surface area contributed by atoms with E-state index in [1.54, 1.807) is 17.5 Å². The zero-order chi connectivity index (χ0) is 30.8. The number of fused-ring (bicyclic) bond motifs is 2. The van der Waals surface area contributed by atoms with E-state index in [-0.39, 0.29) is 24.2 Å². The molecule has 0 spiro atoms. The third-order valence-corrected chi connectivity index (χ3v) is 9.81. The van der Waals surface area contributed by atoms with Gasteiger partial charge in [0.15, 0.2) is 0 Å². The summed E-state index contributed by atoms with van der Waals surface area (Å²) in [6.07, 6.45) is 2.93. The van der Waals surface area contributed by atoms with E-state index >= 15 is 0 Å². The summed E-state index contributed by atoms with van der Waals surface area (Å²) in [5.74, 6) is -1.43. The minimum atomic E-state index is -0.713. The molecule has 6 rings (SSSR count). The lowest BCUT2D eigenvalue weighted by Gasteiger charge is -2.31. The van der Waals surface area contributed by atoms with E-state index in [9.17, 15) is 18.4 Å². The third kappa shape index (κ3) is 6.15. The molecule has 0 saturated heterocycles. The zero-order valence-electron chi connectivity index (χ0n) is 24.9. The van der Waals surface area contributed by atoms with Gasteiger partial charge >= 0.3 is 5.69 Å². The molecule has 4 heterocycles. The van der Waals surface area contributed by atoms with Crippen molar-refractivity contribution in [3.8, 4) is 0 Å². The van der Waals surface area contributed by atoms with Gasteiger partial charge in [-0.2, -0.15) is 0 Å². The minimum absolute atomic E-state index is 0.166. The van der Waals surface area contributed by atoms with Crippen LogP contribution in [0.4, 0.5) is 8.78 Å². The van der Waals surface area contributed by atoms with Gasteiger partial charge in [-0.3, -0.25) is 23.8 Å². The first kappa shape index (κ1) is 30.1. The van der Waals surface area contributed by atoms with Gasteiger partial charge in [0.05, 0.1) is 12.1 Å². The molecule has 44 heavy (non-hydrogen) atoms. The maximum absolute atomic E-state index is 14.7. The van der Waals surface area contributed by atoms with Crippen LogP contribution in [0.2, 0.25) is 0 Å². The molecule has 228 valence electrons. The minimum Gasteiger partial charge on any atom is -0.304 e. The molecule has 2 aromatic carbocycles. The highest BCUT2D eigenvalue weighted by Crippen LogP contribution is 2.32. The molecule has 0 radical (unpaired) electrons. The molecule has 0 atom stereocenters. The van der Waals surface area contributed by atoms with Crippen LogP contribution in [0, 0.1) is 18.6 Å². The maximum Gasteiger partial charge on any atom is 0.331 e. The van der Waals surface area contributed by atoms with Crippen molar-refractivity contribution in [1.82, 2.24) is 23.9 Å². The second kappa shape index (κ2) is 12.9. The summed E-state index contributed by atoms with van der Waals surface area (Å²) in [5.41, 5.74) is 2.23. The first-order chi connectivity index (χ1) is 21.3. The van der Waals surface area contributed by atoms with Crippen LogP contribution < -0.4 is 11.2 Å². The summed E-state index contributed by atoms with van der Waals surface area (Å²) in [6, 6.07) is 17.8. The van der Waals surface area contributed by atoms with Crippen molar-refractivity contribution < 1.29 is 8.78 Å². The predicted octanol–water partition coefficient (Wildman–Crippen LogP) is 4.99. The molecule has 10 heteroatoms. The van der Waals surface area contributed by atoms with E-state index in [0.29, 0.717) is 50.4 Å². The third-order valence-electron chi connectivity index (χ3n) is 8.55. The molecule has 7 nitrogen and oxygen atoms in total. The molecule has 5 aromatic rings. The van der Waals surface area contributed by atoms with Gasteiger partial charge in [0.25, 0.3) is 5.56 Å². The molecule has 1 aliphatic heterocycles. The van der Waals surface area contributed by atoms with Crippen molar-refractivity contribution in [2.75, 3.05) is 26.7 Å². The standard InChI is InChI=1S/C34H35F2N5O2S/c1-23-25-9-3-4-12-31(25)44-32(23)22-39-17-14-30-27(20-39)33(42)40(19-18-38(2)16-13-24-8-5-6-15-37-24)34(43)41(30)21-26-28(35)10-7-11-29(26)36/h3-12,15H,13-14,16-22H2,1-2H3. The Morgan fingerprint density at radius 2 is 1.70 bits per heavy atom. The first-order valence-electron chi connectivity index (χ1n) is 14.9. The van der Waals surface area contributed by atoms with Crippen LogP contribution in [0.3, 0.4) is 0 Å². The molecule has 0 bridgehead atoms. The Balaban J connectivity index is 1.30. The topological polar surface area (TPSA) is 63.4 Å². The van der Waals surface area contributed by atoms with Gasteiger partial charge in [-0.15, -0.1) is 11.3 Å². The number of nitrogens with zero attached hydrogens (tertiary/aromatic N) is 5. The number of thiophene rings is 1. The van der Waals surface area contributed by atoms with Gasteiger partial charge in [0.2, 0.25) is 0 Å². The summed E-state index contributed by atoms with van der Waals surface area (Å²) in [4.78, 5) is 37.6. The largest absolute Gasteiger partial charge is 0.331 e. The number of pyridine rings is 1. The number of halogens is 2. The number of likely N-dealkylation sites (N-methyl/N-ethyl adjacent to an activating group) is 1. The lowest BCUT2D eigenvalue weighted by Crippen LogP contribution is -2.49. The van der Waals surface area contributed by atoms with E-state index in [4.69, 9.17) is 0 Å². The van der Waals surface area contributed by atoms with Crippen LogP contribution in [0.1, 0.15) is 33.0 Å². The van der Waals surface area contributed by atoms with Crippen molar-refractivity contribution >= 4 is 21.4 Å². The maximum atomic E-state index is 14.7. The average Bonchev–Trinajstić information content (AvgIpc) is 3.34. The highest BCUT2D eigenvalue weighted by Gasteiger charge is 2.27. The Kier molecular flexibility index (Phi) is 8.83. The highest BCUT2D eigenvalue weighted by atomic mass is 32.1. The second-order valence-electron chi connectivity index (χ2n) is 11.4. The molecular weight excluding hydrogens is 580 g/mol. The zero-order valence-corrected chi connectivity index (χ0v) is 25.7. The van der Waals surface area contributed by atoms with Gasteiger partial charge in [-0.05, 0) is 55.3 Å². The smallest absolute Gasteiger partial charge is 0.304 e. The number of rotatable bonds is 10. The molecule has 0 aliphatic carbocycles. The molecular formula is C34H35F2N5O2S. The lowest BCUT2D eigenvalue weighted by atomic mass is 10.0. The Hall–Kier alpha value is -3.99. The van der Waals surface area contributed by atoms with Gasteiger partial charge in [0.1, 0.15) is 11.6 Å². The highest BCUT2D eigenvalue weighted by molar-refractivity contribution is 7.19. The van der Waals surface area contributed by atoms with Gasteiger partial charge in [-0.1, -0.05) is 30.3 Å². The van der Waals surface area contributed by atoms with Gasteiger partial charge in [-0.25, -0.2) is 13.6 Å². The summed E-state index contributed by atoms with van der Waals surface area (Å²) >= 11 is 1.76. The van der Waals surface area contributed by atoms with Gasteiger partial charge in [0, 0.05) is 84.8 Å². The number of hydrogen-bond donors (Lipinski definition) is 0. The van der Waals surface area contributed by atoms with E-state index in [1.807, 2.05) is 37.4 Å². The molecule has 0 amide bonds. The van der Waals surface area contributed by atoms with Crippen LogP contribution in [0.5, 0.6) is 0 Å². The number of benzene rings is 2. The monoisotopic (exact) mass is 615 g/mol. The van der Waals surface area contributed by atoms with Crippen molar-refractivity contribution in [1.29, 1.82) is 0 Å². The Morgan fingerprint density at radius 3 is 2.45 bits per heavy atom. The summed E-state index contributed by atoms with van der Waals surface area (Å²) in [6.45, 7) is 4.85. The van der Waals surface area contributed by atoms with Gasteiger partial charge < -0.3 is 4.90 Å².